The summed E-state index contributed by atoms with van der Waals surface area (Å²) in [4.78, 5) is 38.0. The van der Waals surface area contributed by atoms with Crippen molar-refractivity contribution >= 4 is 17.2 Å². The van der Waals surface area contributed by atoms with Crippen LogP contribution in [0, 0.1) is 0 Å². The van der Waals surface area contributed by atoms with Crippen molar-refractivity contribution in [1.82, 2.24) is 19.9 Å². The van der Waals surface area contributed by atoms with Gasteiger partial charge in [-0.15, -0.1) is 11.3 Å². The van der Waals surface area contributed by atoms with Gasteiger partial charge in [-0.25, -0.2) is 9.97 Å². The van der Waals surface area contributed by atoms with E-state index in [-0.39, 0.29) is 23.5 Å². The molecule has 132 valence electrons. The number of carbonyl (C=O) groups is 1. The molecule has 2 aliphatic heterocycles. The number of nitrogens with zero attached hydrogens (tertiary/aromatic N) is 3. The molecule has 0 radical (unpaired) electrons. The largest absolute Gasteiger partial charge is 0.368 e. The summed E-state index contributed by atoms with van der Waals surface area (Å²) in [5, 5.41) is 2.62. The first-order valence-electron chi connectivity index (χ1n) is 8.62. The monoisotopic (exact) mass is 360 g/mol. The first kappa shape index (κ1) is 16.4. The average Bonchev–Trinajstić information content (AvgIpc) is 3.34. The van der Waals surface area contributed by atoms with Gasteiger partial charge in [0.25, 0.3) is 11.5 Å². The molecule has 2 saturated heterocycles. The van der Waals surface area contributed by atoms with E-state index in [1.54, 1.807) is 6.20 Å². The number of H-pyrrole nitrogens is 1. The van der Waals surface area contributed by atoms with Gasteiger partial charge in [-0.3, -0.25) is 9.59 Å². The third kappa shape index (κ3) is 3.50. The molecule has 8 heteroatoms. The third-order valence-electron chi connectivity index (χ3n) is 4.81. The van der Waals surface area contributed by atoms with Crippen LogP contribution in [0.25, 0.3) is 10.7 Å². The maximum absolute atomic E-state index is 12.4. The minimum absolute atomic E-state index is 0.105. The number of ether oxygens (including phenoxy) is 1. The quantitative estimate of drug-likeness (QED) is 0.901. The number of thiazole rings is 1. The number of piperidine rings is 1. The highest BCUT2D eigenvalue weighted by atomic mass is 32.1. The fourth-order valence-electron chi connectivity index (χ4n) is 3.48. The van der Waals surface area contributed by atoms with Crippen molar-refractivity contribution < 1.29 is 9.53 Å². The van der Waals surface area contributed by atoms with E-state index in [9.17, 15) is 9.59 Å². The summed E-state index contributed by atoms with van der Waals surface area (Å²) in [6.07, 6.45) is 4.82. The molecule has 0 bridgehead atoms. The van der Waals surface area contributed by atoms with Crippen molar-refractivity contribution in [2.75, 3.05) is 19.7 Å². The number of carbonyl (C=O) groups excluding carboxylic acids is 1. The Labute approximate surface area is 149 Å². The number of aromatic nitrogens is 3. The van der Waals surface area contributed by atoms with Gasteiger partial charge in [0, 0.05) is 43.3 Å². The Morgan fingerprint density at radius 3 is 2.84 bits per heavy atom. The Balaban J connectivity index is 1.45. The first-order chi connectivity index (χ1) is 12.2. The van der Waals surface area contributed by atoms with Gasteiger partial charge in [0.2, 0.25) is 0 Å². The molecular weight excluding hydrogens is 340 g/mol. The van der Waals surface area contributed by atoms with Crippen LogP contribution < -0.4 is 5.56 Å². The van der Waals surface area contributed by atoms with E-state index in [1.165, 1.54) is 17.4 Å². The van der Waals surface area contributed by atoms with Gasteiger partial charge in [0.1, 0.15) is 22.6 Å². The van der Waals surface area contributed by atoms with Crippen LogP contribution in [0.2, 0.25) is 0 Å². The van der Waals surface area contributed by atoms with Gasteiger partial charge in [-0.05, 0) is 25.7 Å². The van der Waals surface area contributed by atoms with E-state index < -0.39 is 0 Å². The zero-order valence-corrected chi connectivity index (χ0v) is 14.6. The zero-order valence-electron chi connectivity index (χ0n) is 13.8. The van der Waals surface area contributed by atoms with Crippen LogP contribution in [0.1, 0.15) is 37.4 Å². The lowest BCUT2D eigenvalue weighted by Gasteiger charge is -2.32. The van der Waals surface area contributed by atoms with Crippen LogP contribution in [-0.2, 0) is 9.53 Å². The first-order valence-corrected chi connectivity index (χ1v) is 9.50. The van der Waals surface area contributed by atoms with Crippen molar-refractivity contribution in [3.8, 4) is 10.7 Å². The van der Waals surface area contributed by atoms with Gasteiger partial charge in [-0.2, -0.15) is 0 Å². The molecule has 4 heterocycles. The Morgan fingerprint density at radius 2 is 2.16 bits per heavy atom. The van der Waals surface area contributed by atoms with Gasteiger partial charge in [0.15, 0.2) is 0 Å². The van der Waals surface area contributed by atoms with Crippen molar-refractivity contribution in [2.24, 2.45) is 0 Å². The standard InChI is InChI=1S/C17H20N4O3S/c22-14-10-12(16-18-5-9-25-16)19-15(20-14)11-3-6-21(7-4-11)17(23)13-2-1-8-24-13/h5,9-11,13H,1-4,6-8H2,(H,19,20,22). The van der Waals surface area contributed by atoms with Crippen LogP contribution in [0.15, 0.2) is 22.4 Å². The SMILES string of the molecule is O=C(C1CCCO1)N1CCC(c2nc(-c3nccs3)cc(=O)[nH]2)CC1. The fourth-order valence-corrected chi connectivity index (χ4v) is 4.08. The number of amides is 1. The summed E-state index contributed by atoms with van der Waals surface area (Å²) >= 11 is 1.47. The maximum Gasteiger partial charge on any atom is 0.251 e. The summed E-state index contributed by atoms with van der Waals surface area (Å²) in [6, 6.07) is 1.48. The molecule has 1 unspecified atom stereocenters. The minimum Gasteiger partial charge on any atom is -0.368 e. The van der Waals surface area contributed by atoms with Gasteiger partial charge in [0.05, 0.1) is 0 Å². The van der Waals surface area contributed by atoms with Gasteiger partial charge < -0.3 is 14.6 Å². The molecule has 2 fully saturated rings. The number of rotatable bonds is 3. The van der Waals surface area contributed by atoms with Gasteiger partial charge >= 0.3 is 0 Å². The van der Waals surface area contributed by atoms with E-state index in [0.717, 1.165) is 30.7 Å². The molecule has 1 N–H and O–H groups in total. The molecule has 7 nitrogen and oxygen atoms in total. The van der Waals surface area contributed by atoms with E-state index in [2.05, 4.69) is 15.0 Å². The number of hydrogen-bond donors (Lipinski definition) is 1. The number of aromatic amines is 1. The van der Waals surface area contributed by atoms with Crippen LogP contribution in [0.4, 0.5) is 0 Å². The van der Waals surface area contributed by atoms with Crippen molar-refractivity contribution in [3.05, 3.63) is 33.8 Å². The average molecular weight is 360 g/mol. The highest BCUT2D eigenvalue weighted by molar-refractivity contribution is 7.13. The maximum atomic E-state index is 12.4. The molecule has 4 rings (SSSR count). The van der Waals surface area contributed by atoms with Crippen LogP contribution in [-0.4, -0.2) is 51.6 Å². The molecule has 1 atom stereocenters. The Kier molecular flexibility index (Phi) is 4.63. The summed E-state index contributed by atoms with van der Waals surface area (Å²) < 4.78 is 5.50. The molecule has 2 aromatic rings. The zero-order chi connectivity index (χ0) is 17.2. The second-order valence-corrected chi connectivity index (χ2v) is 7.35. The smallest absolute Gasteiger partial charge is 0.251 e. The summed E-state index contributed by atoms with van der Waals surface area (Å²) in [5.74, 6) is 0.956. The molecule has 2 aliphatic rings. The molecular formula is C17H20N4O3S. The van der Waals surface area contributed by atoms with Crippen LogP contribution >= 0.6 is 11.3 Å². The summed E-state index contributed by atoms with van der Waals surface area (Å²) in [5.41, 5.74) is 0.458. The Hall–Kier alpha value is -2.06. The predicted octanol–water partition coefficient (Wildman–Crippen LogP) is 1.78. The van der Waals surface area contributed by atoms with E-state index in [4.69, 9.17) is 4.74 Å². The molecule has 0 aromatic carbocycles. The predicted molar refractivity (Wildman–Crippen MR) is 93.5 cm³/mol. The molecule has 1 amide bonds. The fraction of sp³-hybridized carbons (Fsp3) is 0.529. The molecule has 25 heavy (non-hydrogen) atoms. The van der Waals surface area contributed by atoms with Crippen LogP contribution in [0.5, 0.6) is 0 Å². The number of likely N-dealkylation sites (tertiary alicyclic amines) is 1. The highest BCUT2D eigenvalue weighted by Crippen LogP contribution is 2.28. The lowest BCUT2D eigenvalue weighted by Crippen LogP contribution is -2.43. The normalized spacial score (nSPS) is 21.6. The molecule has 0 saturated carbocycles. The molecule has 2 aromatic heterocycles. The number of hydrogen-bond acceptors (Lipinski definition) is 6. The summed E-state index contributed by atoms with van der Waals surface area (Å²) in [7, 11) is 0. The Bertz CT molecular complexity index is 790. The lowest BCUT2D eigenvalue weighted by molar-refractivity contribution is -0.142. The Morgan fingerprint density at radius 1 is 1.32 bits per heavy atom. The summed E-state index contributed by atoms with van der Waals surface area (Å²) in [6.45, 7) is 2.03. The molecule has 0 spiro atoms. The topological polar surface area (TPSA) is 88.2 Å². The van der Waals surface area contributed by atoms with E-state index in [0.29, 0.717) is 31.2 Å². The number of nitrogens with one attached hydrogen (secondary N) is 1. The van der Waals surface area contributed by atoms with E-state index >= 15 is 0 Å². The second kappa shape index (κ2) is 7.05. The van der Waals surface area contributed by atoms with Crippen LogP contribution in [0.3, 0.4) is 0 Å². The highest BCUT2D eigenvalue weighted by Gasteiger charge is 2.31. The van der Waals surface area contributed by atoms with Crippen molar-refractivity contribution in [3.63, 3.8) is 0 Å². The second-order valence-electron chi connectivity index (χ2n) is 6.45. The third-order valence-corrected chi connectivity index (χ3v) is 5.61. The van der Waals surface area contributed by atoms with Crippen molar-refractivity contribution in [2.45, 2.75) is 37.7 Å². The van der Waals surface area contributed by atoms with Crippen molar-refractivity contribution in [1.29, 1.82) is 0 Å². The lowest BCUT2D eigenvalue weighted by atomic mass is 9.95. The van der Waals surface area contributed by atoms with E-state index in [1.807, 2.05) is 10.3 Å². The van der Waals surface area contributed by atoms with Gasteiger partial charge in [-0.1, -0.05) is 0 Å². The molecule has 0 aliphatic carbocycles. The minimum atomic E-state index is -0.261.